The largest absolute Gasteiger partial charge is 0.440 e. The van der Waals surface area contributed by atoms with Crippen molar-refractivity contribution in [2.45, 2.75) is 32.2 Å². The van der Waals surface area contributed by atoms with E-state index in [2.05, 4.69) is 15.0 Å². The Morgan fingerprint density at radius 3 is 2.56 bits per heavy atom. The Hall–Kier alpha value is -3.78. The van der Waals surface area contributed by atoms with E-state index in [1.54, 1.807) is 32.2 Å². The Morgan fingerprint density at radius 2 is 2.00 bits per heavy atom. The van der Waals surface area contributed by atoms with Crippen LogP contribution in [0, 0.1) is 11.2 Å². The molecule has 1 atom stereocenters. The number of aldehydes is 1. The second-order valence-corrected chi connectivity index (χ2v) is 7.73. The third kappa shape index (κ3) is 7.61. The van der Waals surface area contributed by atoms with Gasteiger partial charge in [0.25, 0.3) is 0 Å². The SMILES string of the molecule is CNc1cccc(C(=N)N(N)C(C)CO)n1.O=Cc1cc2c(cc1F)CN(C(=O)OCC(F)(F)F)C2. The maximum atomic E-state index is 13.4. The molecule has 196 valence electrons. The highest BCUT2D eigenvalue weighted by atomic mass is 19.4. The van der Waals surface area contributed by atoms with Crippen LogP contribution < -0.4 is 11.2 Å². The van der Waals surface area contributed by atoms with Crippen molar-refractivity contribution in [3.63, 3.8) is 0 Å². The summed E-state index contributed by atoms with van der Waals surface area (Å²) in [4.78, 5) is 27.2. The van der Waals surface area contributed by atoms with Crippen LogP contribution in [0.3, 0.4) is 0 Å². The summed E-state index contributed by atoms with van der Waals surface area (Å²) < 4.78 is 53.3. The van der Waals surface area contributed by atoms with Crippen molar-refractivity contribution < 1.29 is 37.0 Å². The minimum absolute atomic E-state index is 0.0207. The quantitative estimate of drug-likeness (QED) is 0.115. The molecule has 1 aromatic carbocycles. The molecule has 0 bridgehead atoms. The number of aliphatic hydroxyl groups excluding tert-OH is 1. The lowest BCUT2D eigenvalue weighted by molar-refractivity contribution is -0.162. The highest BCUT2D eigenvalue weighted by molar-refractivity contribution is 5.94. The van der Waals surface area contributed by atoms with Gasteiger partial charge in [-0.15, -0.1) is 0 Å². The van der Waals surface area contributed by atoms with Crippen molar-refractivity contribution in [3.8, 4) is 0 Å². The molecule has 10 nitrogen and oxygen atoms in total. The number of amides is 1. The average molecular weight is 514 g/mol. The number of hydrogen-bond acceptors (Lipinski definition) is 8. The van der Waals surface area contributed by atoms with Crippen LogP contribution in [-0.4, -0.2) is 70.7 Å². The van der Waals surface area contributed by atoms with Gasteiger partial charge in [0, 0.05) is 20.1 Å². The number of benzene rings is 1. The van der Waals surface area contributed by atoms with Gasteiger partial charge in [-0.2, -0.15) is 13.2 Å². The summed E-state index contributed by atoms with van der Waals surface area (Å²) in [6.45, 7) is -0.122. The van der Waals surface area contributed by atoms with Crippen LogP contribution in [0.25, 0.3) is 0 Å². The molecule has 0 saturated heterocycles. The van der Waals surface area contributed by atoms with Crippen molar-refractivity contribution >= 4 is 24.0 Å². The first-order chi connectivity index (χ1) is 16.9. The molecular weight excluding hydrogens is 488 g/mol. The molecule has 5 N–H and O–H groups in total. The highest BCUT2D eigenvalue weighted by Gasteiger charge is 2.32. The number of anilines is 1. The molecule has 1 aliphatic rings. The van der Waals surface area contributed by atoms with Gasteiger partial charge in [0.15, 0.2) is 18.7 Å². The van der Waals surface area contributed by atoms with E-state index in [9.17, 15) is 27.2 Å². The molecule has 1 aliphatic heterocycles. The number of hydrazine groups is 1. The number of carbonyl (C=O) groups excluding carboxylic acids is 2. The summed E-state index contributed by atoms with van der Waals surface area (Å²) in [5, 5.41) is 20.9. The second kappa shape index (κ2) is 12.3. The van der Waals surface area contributed by atoms with E-state index < -0.39 is 24.7 Å². The Balaban J connectivity index is 0.000000261. The minimum Gasteiger partial charge on any atom is -0.440 e. The van der Waals surface area contributed by atoms with E-state index in [-0.39, 0.29) is 37.1 Å². The second-order valence-electron chi connectivity index (χ2n) is 7.73. The molecule has 2 heterocycles. The van der Waals surface area contributed by atoms with Crippen LogP contribution >= 0.6 is 0 Å². The standard InChI is InChI=1S/C12H9F4NO3.C10H17N5O/c13-10-2-8-4-17(3-7(8)1-9(10)5-18)11(19)20-6-12(14,15)16;1-7(6-16)15(12)10(11)8-4-3-5-9(13-2)14-8/h1-2,5H,3-4,6H2;3-5,7,11,16H,6,12H2,1-2H3,(H,13,14). The van der Waals surface area contributed by atoms with Crippen molar-refractivity contribution in [2.75, 3.05) is 25.6 Å². The predicted molar refractivity (Wildman–Crippen MR) is 122 cm³/mol. The van der Waals surface area contributed by atoms with Gasteiger partial charge in [0.05, 0.1) is 18.2 Å². The Bertz CT molecular complexity index is 1100. The van der Waals surface area contributed by atoms with Gasteiger partial charge in [0.2, 0.25) is 0 Å². The third-order valence-corrected chi connectivity index (χ3v) is 5.03. The van der Waals surface area contributed by atoms with Crippen molar-refractivity contribution in [1.82, 2.24) is 14.9 Å². The molecule has 0 saturated carbocycles. The van der Waals surface area contributed by atoms with E-state index >= 15 is 0 Å². The predicted octanol–water partition coefficient (Wildman–Crippen LogP) is 2.66. The number of pyridine rings is 1. The lowest BCUT2D eigenvalue weighted by Crippen LogP contribution is -2.46. The molecule has 0 fully saturated rings. The van der Waals surface area contributed by atoms with Gasteiger partial charge >= 0.3 is 12.3 Å². The maximum Gasteiger partial charge on any atom is 0.422 e. The molecule has 0 spiro atoms. The Labute approximate surface area is 204 Å². The lowest BCUT2D eigenvalue weighted by atomic mass is 10.1. The fraction of sp³-hybridized carbons (Fsp3) is 0.364. The lowest BCUT2D eigenvalue weighted by Gasteiger charge is -2.24. The number of aromatic nitrogens is 1. The van der Waals surface area contributed by atoms with Gasteiger partial charge in [-0.3, -0.25) is 20.1 Å². The van der Waals surface area contributed by atoms with Gasteiger partial charge in [-0.1, -0.05) is 6.07 Å². The smallest absolute Gasteiger partial charge is 0.422 e. The first-order valence-electron chi connectivity index (χ1n) is 10.5. The molecule has 36 heavy (non-hydrogen) atoms. The zero-order valence-electron chi connectivity index (χ0n) is 19.5. The van der Waals surface area contributed by atoms with Gasteiger partial charge in [-0.25, -0.2) is 20.0 Å². The van der Waals surface area contributed by atoms with Crippen LogP contribution in [0.1, 0.15) is 34.1 Å². The molecule has 1 aromatic heterocycles. The first kappa shape index (κ1) is 28.5. The normalized spacial score (nSPS) is 13.2. The number of nitrogens with two attached hydrogens (primary N) is 1. The van der Waals surface area contributed by atoms with E-state index in [0.29, 0.717) is 28.9 Å². The van der Waals surface area contributed by atoms with Gasteiger partial charge in [0.1, 0.15) is 17.3 Å². The number of fused-ring (bicyclic) bond motifs is 1. The number of rotatable bonds is 6. The van der Waals surface area contributed by atoms with E-state index in [1.807, 2.05) is 0 Å². The molecule has 0 radical (unpaired) electrons. The molecule has 14 heteroatoms. The molecule has 2 aromatic rings. The monoisotopic (exact) mass is 514 g/mol. The van der Waals surface area contributed by atoms with E-state index in [0.717, 1.165) is 11.0 Å². The van der Waals surface area contributed by atoms with Crippen LogP contribution in [0.15, 0.2) is 30.3 Å². The molecule has 0 aliphatic carbocycles. The van der Waals surface area contributed by atoms with E-state index in [4.69, 9.17) is 16.4 Å². The number of nitrogens with one attached hydrogen (secondary N) is 2. The summed E-state index contributed by atoms with van der Waals surface area (Å²) in [5.41, 5.74) is 1.26. The third-order valence-electron chi connectivity index (χ3n) is 5.03. The Morgan fingerprint density at radius 1 is 1.36 bits per heavy atom. The zero-order valence-corrected chi connectivity index (χ0v) is 19.5. The number of aliphatic hydroxyl groups is 1. The van der Waals surface area contributed by atoms with Crippen LogP contribution in [-0.2, 0) is 17.8 Å². The summed E-state index contributed by atoms with van der Waals surface area (Å²) in [6.07, 6.45) is -5.40. The van der Waals surface area contributed by atoms with Crippen molar-refractivity contribution in [1.29, 1.82) is 5.41 Å². The fourth-order valence-corrected chi connectivity index (χ4v) is 3.04. The average Bonchev–Trinajstić information content (AvgIpc) is 3.28. The fourth-order valence-electron chi connectivity index (χ4n) is 3.04. The van der Waals surface area contributed by atoms with Crippen molar-refractivity contribution in [2.24, 2.45) is 5.84 Å². The number of nitrogens with zero attached hydrogens (tertiary/aromatic N) is 3. The summed E-state index contributed by atoms with van der Waals surface area (Å²) >= 11 is 0. The molecular formula is C22H26F4N6O4. The number of alkyl halides is 3. The Kier molecular flexibility index (Phi) is 9.69. The number of amidine groups is 1. The van der Waals surface area contributed by atoms with Gasteiger partial charge < -0.3 is 15.2 Å². The number of ether oxygens (including phenoxy) is 1. The molecule has 1 amide bonds. The van der Waals surface area contributed by atoms with Crippen LogP contribution in [0.5, 0.6) is 0 Å². The highest BCUT2D eigenvalue weighted by Crippen LogP contribution is 2.26. The topological polar surface area (TPSA) is 145 Å². The molecule has 3 rings (SSSR count). The van der Waals surface area contributed by atoms with Crippen LogP contribution in [0.2, 0.25) is 0 Å². The van der Waals surface area contributed by atoms with Gasteiger partial charge in [-0.05, 0) is 42.3 Å². The summed E-state index contributed by atoms with van der Waals surface area (Å²) in [5.74, 6) is 5.71. The number of carbonyl (C=O) groups is 2. The summed E-state index contributed by atoms with van der Waals surface area (Å²) in [6, 6.07) is 7.35. The number of halogens is 4. The van der Waals surface area contributed by atoms with Crippen LogP contribution in [0.4, 0.5) is 28.2 Å². The molecule has 1 unspecified atom stereocenters. The van der Waals surface area contributed by atoms with Crippen molar-refractivity contribution in [3.05, 3.63) is 58.5 Å². The van der Waals surface area contributed by atoms with E-state index in [1.165, 1.54) is 11.1 Å². The minimum atomic E-state index is -4.60. The first-order valence-corrected chi connectivity index (χ1v) is 10.5. The zero-order chi connectivity index (χ0) is 27.0. The maximum absolute atomic E-state index is 13.4. The number of hydrogen-bond donors (Lipinski definition) is 4. The summed E-state index contributed by atoms with van der Waals surface area (Å²) in [7, 11) is 1.76.